The second-order valence-electron chi connectivity index (χ2n) is 5.17. The number of rotatable bonds is 3. The molecule has 0 aliphatic carbocycles. The average Bonchev–Trinajstić information content (AvgIpc) is 2.99. The fraction of sp³-hybridized carbons (Fsp3) is 0.769. The number of thiazole rings is 1. The van der Waals surface area contributed by atoms with E-state index in [0.717, 1.165) is 0 Å². The van der Waals surface area contributed by atoms with Crippen LogP contribution in [0.5, 0.6) is 0 Å². The van der Waals surface area contributed by atoms with Gasteiger partial charge in [0.25, 0.3) is 0 Å². The molecule has 0 radical (unpaired) electrons. The minimum atomic E-state index is -3.36. The zero-order valence-electron chi connectivity index (χ0n) is 19.8. The Kier molecular flexibility index (Phi) is 1.64. The molecule has 0 spiro atoms. The average molecular weight is 276 g/mol. The second kappa shape index (κ2) is 4.62. The van der Waals surface area contributed by atoms with E-state index in [-0.39, 0.29) is 5.59 Å². The molecule has 100 valence electrons. The van der Waals surface area contributed by atoms with Gasteiger partial charge in [0.05, 0.1) is 21.8 Å². The van der Waals surface area contributed by atoms with Crippen LogP contribution in [0.15, 0.2) is 5.38 Å². The Morgan fingerprint density at radius 2 is 2.17 bits per heavy atom. The van der Waals surface area contributed by atoms with Crippen molar-refractivity contribution in [2.24, 2.45) is 0 Å². The van der Waals surface area contributed by atoms with E-state index in [1.807, 2.05) is 27.7 Å². The van der Waals surface area contributed by atoms with Gasteiger partial charge in [-0.15, -0.1) is 11.3 Å². The molecule has 0 amide bonds. The highest BCUT2D eigenvalue weighted by molar-refractivity contribution is 7.10. The second-order valence-corrected chi connectivity index (χ2v) is 6.02. The zero-order valence-corrected chi connectivity index (χ0v) is 11.6. The van der Waals surface area contributed by atoms with Crippen molar-refractivity contribution in [2.45, 2.75) is 64.9 Å². The van der Waals surface area contributed by atoms with E-state index in [1.54, 1.807) is 0 Å². The lowest BCUT2D eigenvalue weighted by Gasteiger charge is -2.32. The third-order valence-corrected chi connectivity index (χ3v) is 4.23. The van der Waals surface area contributed by atoms with Crippen LogP contribution in [0.3, 0.4) is 0 Å². The first-order valence-corrected chi connectivity index (χ1v) is 6.47. The molecule has 1 aromatic rings. The highest BCUT2D eigenvalue weighted by Gasteiger charge is 2.52. The Hall–Kier alpha value is -0.385. The monoisotopic (exact) mass is 276 g/mol. The van der Waals surface area contributed by atoms with E-state index >= 15 is 0 Å². The summed E-state index contributed by atoms with van der Waals surface area (Å²) < 4.78 is 81.1. The lowest BCUT2D eigenvalue weighted by atomic mass is 9.86. The van der Waals surface area contributed by atoms with Crippen LogP contribution in [0.1, 0.15) is 71.0 Å². The first kappa shape index (κ1) is 6.38. The SMILES string of the molecule is [2H]C([2H])([2H])C([2H])([2H])C([2H])(c1nc(B2OC(C)(C)C(C)(C)O2)cs1)C([2H])([2H])[2H]. The molecule has 1 aliphatic heterocycles. The summed E-state index contributed by atoms with van der Waals surface area (Å²) in [6.07, 6.45) is -3.36. The summed E-state index contributed by atoms with van der Waals surface area (Å²) >= 11 is 0.705. The van der Waals surface area contributed by atoms with Crippen LogP contribution in [0, 0.1) is 0 Å². The van der Waals surface area contributed by atoms with Gasteiger partial charge in [-0.05, 0) is 34.1 Å². The Labute approximate surface area is 127 Å². The van der Waals surface area contributed by atoms with Crippen molar-refractivity contribution in [3.63, 3.8) is 0 Å². The quantitative estimate of drug-likeness (QED) is 0.795. The van der Waals surface area contributed by atoms with Crippen LogP contribution in [0.25, 0.3) is 0 Å². The van der Waals surface area contributed by atoms with Gasteiger partial charge in [-0.1, -0.05) is 13.7 Å². The van der Waals surface area contributed by atoms with Crippen LogP contribution in [-0.4, -0.2) is 23.3 Å². The van der Waals surface area contributed by atoms with Crippen molar-refractivity contribution < 1.29 is 21.6 Å². The van der Waals surface area contributed by atoms with Crippen LogP contribution in [0.2, 0.25) is 0 Å². The predicted molar refractivity (Wildman–Crippen MR) is 76.5 cm³/mol. The Morgan fingerprint density at radius 1 is 1.50 bits per heavy atom. The Bertz CT molecular complexity index is 699. The minimum absolute atomic E-state index is 0.177. The maximum Gasteiger partial charge on any atom is 0.515 e. The molecule has 1 atom stereocenters. The lowest BCUT2D eigenvalue weighted by Crippen LogP contribution is -2.41. The number of nitrogens with zero attached hydrogens (tertiary/aromatic N) is 1. The standard InChI is InChI=1S/C13H22BNO2S/c1-7-9(2)11-15-10(8-18-11)14-16-12(3,4)13(5,6)17-14/h8-9H,7H2,1-6H3/i1D3,2D3,7D2,9D. The van der Waals surface area contributed by atoms with Crippen molar-refractivity contribution in [1.29, 1.82) is 0 Å². The summed E-state index contributed by atoms with van der Waals surface area (Å²) in [4.78, 5) is 4.07. The van der Waals surface area contributed by atoms with Crippen molar-refractivity contribution in [2.75, 3.05) is 0 Å². The van der Waals surface area contributed by atoms with E-state index in [2.05, 4.69) is 4.98 Å². The zero-order chi connectivity index (χ0) is 21.3. The number of hydrogen-bond donors (Lipinski definition) is 0. The molecular weight excluding hydrogens is 245 g/mol. The molecule has 0 saturated carbocycles. The lowest BCUT2D eigenvalue weighted by molar-refractivity contribution is 0.00578. The van der Waals surface area contributed by atoms with Crippen molar-refractivity contribution >= 4 is 24.0 Å². The Morgan fingerprint density at radius 3 is 2.72 bits per heavy atom. The molecule has 3 nitrogen and oxygen atoms in total. The largest absolute Gasteiger partial charge is 0.515 e. The van der Waals surface area contributed by atoms with E-state index in [4.69, 9.17) is 21.6 Å². The first-order valence-electron chi connectivity index (χ1n) is 10.1. The Balaban J connectivity index is 2.51. The van der Waals surface area contributed by atoms with Gasteiger partial charge in [0.2, 0.25) is 0 Å². The van der Waals surface area contributed by atoms with Gasteiger partial charge in [-0.3, -0.25) is 0 Å². The molecule has 1 aliphatic rings. The smallest absolute Gasteiger partial charge is 0.398 e. The topological polar surface area (TPSA) is 31.4 Å². The summed E-state index contributed by atoms with van der Waals surface area (Å²) in [5, 5.41) is 0.940. The number of aromatic nitrogens is 1. The summed E-state index contributed by atoms with van der Waals surface area (Å²) in [5.41, 5.74) is -1.16. The summed E-state index contributed by atoms with van der Waals surface area (Å²) in [6, 6.07) is 0. The molecule has 0 aromatic carbocycles. The molecule has 2 heterocycles. The molecule has 2 rings (SSSR count). The van der Waals surface area contributed by atoms with Gasteiger partial charge in [0.15, 0.2) is 0 Å². The van der Waals surface area contributed by atoms with Gasteiger partial charge >= 0.3 is 7.12 Å². The van der Waals surface area contributed by atoms with Crippen LogP contribution in [-0.2, 0) is 9.31 Å². The molecule has 1 saturated heterocycles. The number of hydrogen-bond acceptors (Lipinski definition) is 4. The molecule has 1 unspecified atom stereocenters. The van der Waals surface area contributed by atoms with E-state index in [1.165, 1.54) is 5.38 Å². The van der Waals surface area contributed by atoms with Crippen LogP contribution < -0.4 is 5.59 Å². The predicted octanol–water partition coefficient (Wildman–Crippen LogP) is 2.96. The highest BCUT2D eigenvalue weighted by Crippen LogP contribution is 2.36. The molecule has 0 bridgehead atoms. The van der Waals surface area contributed by atoms with Gasteiger partial charge in [0, 0.05) is 23.6 Å². The molecular formula is C13H22BNO2S. The molecule has 1 aromatic heterocycles. The normalized spacial score (nSPS) is 34.7. The van der Waals surface area contributed by atoms with Crippen molar-refractivity contribution in [1.82, 2.24) is 4.98 Å². The van der Waals surface area contributed by atoms with Gasteiger partial charge in [0.1, 0.15) is 0 Å². The maximum atomic E-state index is 8.38. The fourth-order valence-corrected chi connectivity index (χ4v) is 2.25. The minimum Gasteiger partial charge on any atom is -0.398 e. The van der Waals surface area contributed by atoms with Crippen molar-refractivity contribution in [3.8, 4) is 0 Å². The molecule has 1 fully saturated rings. The van der Waals surface area contributed by atoms with E-state index < -0.39 is 49.3 Å². The molecule has 18 heavy (non-hydrogen) atoms. The van der Waals surface area contributed by atoms with Crippen LogP contribution >= 0.6 is 11.3 Å². The van der Waals surface area contributed by atoms with Gasteiger partial charge in [-0.25, -0.2) is 4.98 Å². The summed E-state index contributed by atoms with van der Waals surface area (Å²) in [7, 11) is -0.931. The maximum absolute atomic E-state index is 8.38. The molecule has 5 heteroatoms. The van der Waals surface area contributed by atoms with Crippen molar-refractivity contribution in [3.05, 3.63) is 10.4 Å². The third kappa shape index (κ3) is 2.36. The summed E-state index contributed by atoms with van der Waals surface area (Å²) in [6.45, 7) is 0.695. The van der Waals surface area contributed by atoms with Crippen LogP contribution in [0.4, 0.5) is 0 Å². The first-order chi connectivity index (χ1) is 11.8. The van der Waals surface area contributed by atoms with E-state index in [0.29, 0.717) is 11.3 Å². The fourth-order valence-electron chi connectivity index (χ4n) is 1.53. The highest BCUT2D eigenvalue weighted by atomic mass is 32.1. The van der Waals surface area contributed by atoms with Gasteiger partial charge in [-0.2, -0.15) is 0 Å². The molecule has 0 N–H and O–H groups in total. The summed E-state index contributed by atoms with van der Waals surface area (Å²) in [5.74, 6) is -3.09. The van der Waals surface area contributed by atoms with E-state index in [9.17, 15) is 0 Å². The third-order valence-electron chi connectivity index (χ3n) is 3.36. The van der Waals surface area contributed by atoms with Gasteiger partial charge < -0.3 is 9.31 Å².